The van der Waals surface area contributed by atoms with Gasteiger partial charge in [-0.2, -0.15) is 10.4 Å². The normalized spacial score (nSPS) is 10.5. The number of carbonyl (C=O) groups is 1. The Hall–Kier alpha value is -2.24. The number of phenols is 1. The lowest BCUT2D eigenvalue weighted by molar-refractivity contribution is 0.0951. The van der Waals surface area contributed by atoms with Crippen molar-refractivity contribution >= 4 is 44.0 Å². The van der Waals surface area contributed by atoms with E-state index in [1.807, 2.05) is 0 Å². The lowest BCUT2D eigenvalue weighted by atomic mass is 10.1. The highest BCUT2D eigenvalue weighted by atomic mass is 79.9. The molecule has 0 spiro atoms. The minimum Gasteiger partial charge on any atom is -0.506 e. The van der Waals surface area contributed by atoms with Crippen molar-refractivity contribution in [3.05, 3.63) is 61.8 Å². The second-order valence-electron chi connectivity index (χ2n) is 4.34. The standard InChI is InChI=1S/C15H8Br2FN3O2/c16-11-3-9(4-12(17)14(11)22)7-20-21-15(23)10-2-1-8(6-19)5-13(10)18/h1-5,7,22H,(H,21,23)/b20-7-. The summed E-state index contributed by atoms with van der Waals surface area (Å²) in [5.41, 5.74) is 2.71. The number of nitrogens with one attached hydrogen (secondary N) is 1. The van der Waals surface area contributed by atoms with E-state index in [9.17, 15) is 14.3 Å². The fourth-order valence-electron chi connectivity index (χ4n) is 1.65. The maximum atomic E-state index is 13.7. The molecule has 23 heavy (non-hydrogen) atoms. The van der Waals surface area contributed by atoms with Crippen LogP contribution in [0.3, 0.4) is 0 Å². The Bertz CT molecular complexity index is 824. The predicted octanol–water partition coefficient (Wildman–Crippen LogP) is 3.69. The molecular formula is C15H8Br2FN3O2. The molecule has 0 radical (unpaired) electrons. The Kier molecular flexibility index (Phi) is 5.47. The molecule has 0 aliphatic carbocycles. The highest BCUT2D eigenvalue weighted by Gasteiger charge is 2.11. The number of phenolic OH excluding ortho intramolecular Hbond substituents is 1. The number of nitriles is 1. The van der Waals surface area contributed by atoms with Crippen LogP contribution in [0, 0.1) is 17.1 Å². The smallest absolute Gasteiger partial charge is 0.274 e. The van der Waals surface area contributed by atoms with E-state index in [1.165, 1.54) is 18.3 Å². The highest BCUT2D eigenvalue weighted by Crippen LogP contribution is 2.32. The largest absolute Gasteiger partial charge is 0.506 e. The van der Waals surface area contributed by atoms with E-state index in [4.69, 9.17) is 5.26 Å². The van der Waals surface area contributed by atoms with Crippen molar-refractivity contribution in [2.45, 2.75) is 0 Å². The van der Waals surface area contributed by atoms with Gasteiger partial charge in [0.15, 0.2) is 0 Å². The van der Waals surface area contributed by atoms with E-state index in [0.717, 1.165) is 6.07 Å². The van der Waals surface area contributed by atoms with Gasteiger partial charge in [0, 0.05) is 0 Å². The maximum absolute atomic E-state index is 13.7. The summed E-state index contributed by atoms with van der Waals surface area (Å²) in [4.78, 5) is 11.8. The van der Waals surface area contributed by atoms with E-state index in [0.29, 0.717) is 14.5 Å². The van der Waals surface area contributed by atoms with E-state index in [2.05, 4.69) is 42.4 Å². The van der Waals surface area contributed by atoms with Crippen LogP contribution in [-0.2, 0) is 0 Å². The van der Waals surface area contributed by atoms with Gasteiger partial charge in [-0.15, -0.1) is 0 Å². The molecule has 0 atom stereocenters. The summed E-state index contributed by atoms with van der Waals surface area (Å²) in [6.07, 6.45) is 1.34. The van der Waals surface area contributed by atoms with Gasteiger partial charge in [-0.25, -0.2) is 9.82 Å². The summed E-state index contributed by atoms with van der Waals surface area (Å²) in [5.74, 6) is -1.49. The van der Waals surface area contributed by atoms with Crippen molar-refractivity contribution in [3.63, 3.8) is 0 Å². The third kappa shape index (κ3) is 4.15. The van der Waals surface area contributed by atoms with Crippen LogP contribution in [0.2, 0.25) is 0 Å². The summed E-state index contributed by atoms with van der Waals surface area (Å²) < 4.78 is 14.6. The van der Waals surface area contributed by atoms with Crippen molar-refractivity contribution in [1.82, 2.24) is 5.43 Å². The molecule has 0 fully saturated rings. The van der Waals surface area contributed by atoms with E-state index < -0.39 is 11.7 Å². The minimum atomic E-state index is -0.799. The molecule has 0 saturated heterocycles. The zero-order chi connectivity index (χ0) is 17.0. The van der Waals surface area contributed by atoms with Crippen molar-refractivity contribution in [3.8, 4) is 11.8 Å². The first-order valence-corrected chi connectivity index (χ1v) is 7.72. The Balaban J connectivity index is 2.12. The van der Waals surface area contributed by atoms with Gasteiger partial charge in [0.05, 0.1) is 32.4 Å². The molecule has 2 rings (SSSR count). The van der Waals surface area contributed by atoms with Crippen LogP contribution >= 0.6 is 31.9 Å². The van der Waals surface area contributed by atoms with Gasteiger partial charge in [0.2, 0.25) is 0 Å². The molecule has 8 heteroatoms. The van der Waals surface area contributed by atoms with Gasteiger partial charge in [0.25, 0.3) is 5.91 Å². The first kappa shape index (κ1) is 17.1. The van der Waals surface area contributed by atoms with Gasteiger partial charge in [-0.05, 0) is 67.8 Å². The third-order valence-corrected chi connectivity index (χ3v) is 3.97. The third-order valence-electron chi connectivity index (χ3n) is 2.76. The Morgan fingerprint density at radius 3 is 2.52 bits per heavy atom. The first-order valence-electron chi connectivity index (χ1n) is 6.13. The maximum Gasteiger partial charge on any atom is 0.274 e. The van der Waals surface area contributed by atoms with Crippen LogP contribution in [0.1, 0.15) is 21.5 Å². The molecule has 0 bridgehead atoms. The molecule has 1 amide bonds. The van der Waals surface area contributed by atoms with Crippen molar-refractivity contribution < 1.29 is 14.3 Å². The molecule has 0 aliphatic heterocycles. The number of hydrogen-bond acceptors (Lipinski definition) is 4. The average molecular weight is 441 g/mol. The highest BCUT2D eigenvalue weighted by molar-refractivity contribution is 9.11. The van der Waals surface area contributed by atoms with Crippen LogP contribution in [0.25, 0.3) is 0 Å². The average Bonchev–Trinajstić information content (AvgIpc) is 2.52. The van der Waals surface area contributed by atoms with Gasteiger partial charge in [-0.3, -0.25) is 4.79 Å². The number of hydrogen-bond donors (Lipinski definition) is 2. The number of halogens is 3. The zero-order valence-electron chi connectivity index (χ0n) is 11.3. The van der Waals surface area contributed by atoms with E-state index in [-0.39, 0.29) is 16.9 Å². The molecule has 0 aliphatic rings. The fourth-order valence-corrected chi connectivity index (χ4v) is 2.88. The predicted molar refractivity (Wildman–Crippen MR) is 89.7 cm³/mol. The number of hydrazone groups is 1. The van der Waals surface area contributed by atoms with Crippen LogP contribution in [0.5, 0.6) is 5.75 Å². The summed E-state index contributed by atoms with van der Waals surface area (Å²) in [6.45, 7) is 0. The number of nitrogens with zero attached hydrogens (tertiary/aromatic N) is 2. The number of carbonyl (C=O) groups excluding carboxylic acids is 1. The molecule has 2 N–H and O–H groups in total. The SMILES string of the molecule is N#Cc1ccc(C(=O)N/N=C\c2cc(Br)c(O)c(Br)c2)c(F)c1. The quantitative estimate of drug-likeness (QED) is 0.563. The minimum absolute atomic E-state index is 0.0471. The first-order chi connectivity index (χ1) is 10.9. The number of rotatable bonds is 3. The van der Waals surface area contributed by atoms with E-state index in [1.54, 1.807) is 18.2 Å². The Morgan fingerprint density at radius 2 is 1.96 bits per heavy atom. The van der Waals surface area contributed by atoms with Gasteiger partial charge in [0.1, 0.15) is 11.6 Å². The lowest BCUT2D eigenvalue weighted by Crippen LogP contribution is -2.19. The number of aromatic hydroxyl groups is 1. The number of benzene rings is 2. The molecule has 0 heterocycles. The molecule has 2 aromatic rings. The van der Waals surface area contributed by atoms with Crippen molar-refractivity contribution in [1.29, 1.82) is 5.26 Å². The van der Waals surface area contributed by atoms with Gasteiger partial charge in [-0.1, -0.05) is 0 Å². The van der Waals surface area contributed by atoms with Crippen LogP contribution in [0.15, 0.2) is 44.4 Å². The summed E-state index contributed by atoms with van der Waals surface area (Å²) in [6, 6.07) is 8.51. The van der Waals surface area contributed by atoms with Crippen LogP contribution in [-0.4, -0.2) is 17.2 Å². The summed E-state index contributed by atoms with van der Waals surface area (Å²) in [7, 11) is 0. The Morgan fingerprint density at radius 1 is 1.30 bits per heavy atom. The summed E-state index contributed by atoms with van der Waals surface area (Å²) >= 11 is 6.35. The van der Waals surface area contributed by atoms with Gasteiger partial charge < -0.3 is 5.11 Å². The van der Waals surface area contributed by atoms with Crippen molar-refractivity contribution in [2.75, 3.05) is 0 Å². The second kappa shape index (κ2) is 7.35. The lowest BCUT2D eigenvalue weighted by Gasteiger charge is -2.03. The molecule has 5 nitrogen and oxygen atoms in total. The van der Waals surface area contributed by atoms with E-state index >= 15 is 0 Å². The van der Waals surface area contributed by atoms with Gasteiger partial charge >= 0.3 is 0 Å². The fraction of sp³-hybridized carbons (Fsp3) is 0. The second-order valence-corrected chi connectivity index (χ2v) is 6.05. The molecular weight excluding hydrogens is 433 g/mol. The molecule has 0 unspecified atom stereocenters. The van der Waals surface area contributed by atoms with Crippen LogP contribution < -0.4 is 5.43 Å². The van der Waals surface area contributed by atoms with Crippen LogP contribution in [0.4, 0.5) is 4.39 Å². The topological polar surface area (TPSA) is 85.5 Å². The number of amides is 1. The molecule has 116 valence electrons. The monoisotopic (exact) mass is 439 g/mol. The molecule has 0 aromatic heterocycles. The molecule has 2 aromatic carbocycles. The Labute approximate surface area is 147 Å². The summed E-state index contributed by atoms with van der Waals surface area (Å²) in [5, 5.41) is 22.0. The van der Waals surface area contributed by atoms with Crippen molar-refractivity contribution in [2.24, 2.45) is 5.10 Å². The molecule has 0 saturated carbocycles. The zero-order valence-corrected chi connectivity index (χ0v) is 14.5.